The highest BCUT2D eigenvalue weighted by Gasteiger charge is 2.27. The fourth-order valence-electron chi connectivity index (χ4n) is 4.80. The zero-order valence-corrected chi connectivity index (χ0v) is 21.1. The monoisotopic (exact) mass is 505 g/mol. The minimum Gasteiger partial charge on any atom is -0.497 e. The number of aromatic nitrogens is 3. The average Bonchev–Trinajstić information content (AvgIpc) is 3.25. The molecule has 0 aliphatic carbocycles. The summed E-state index contributed by atoms with van der Waals surface area (Å²) in [5, 5.41) is 3.92. The number of methoxy groups -OCH3 is 1. The van der Waals surface area contributed by atoms with E-state index < -0.39 is 0 Å². The molecule has 1 aliphatic heterocycles. The summed E-state index contributed by atoms with van der Waals surface area (Å²) in [5.74, 6) is 1.32. The molecule has 1 aliphatic rings. The fraction of sp³-hybridized carbons (Fsp3) is 0.296. The van der Waals surface area contributed by atoms with Crippen molar-refractivity contribution in [1.29, 1.82) is 0 Å². The van der Waals surface area contributed by atoms with Crippen LogP contribution in [0.3, 0.4) is 0 Å². The first kappa shape index (κ1) is 24.1. The first-order valence-electron chi connectivity index (χ1n) is 12.0. The molecule has 4 aromatic rings. The van der Waals surface area contributed by atoms with Crippen molar-refractivity contribution in [3.8, 4) is 11.4 Å². The highest BCUT2D eigenvalue weighted by Crippen LogP contribution is 2.36. The van der Waals surface area contributed by atoms with Crippen LogP contribution >= 0.6 is 11.6 Å². The molecule has 0 atom stereocenters. The van der Waals surface area contributed by atoms with Gasteiger partial charge in [-0.25, -0.2) is 4.98 Å². The Bertz CT molecular complexity index is 1490. The molecular weight excluding hydrogens is 478 g/mol. The Hall–Kier alpha value is -3.62. The molecule has 1 saturated heterocycles. The van der Waals surface area contributed by atoms with E-state index in [0.29, 0.717) is 39.5 Å². The molecule has 1 fully saturated rings. The van der Waals surface area contributed by atoms with Gasteiger partial charge in [-0.05, 0) is 30.7 Å². The maximum Gasteiger partial charge on any atom is 0.278 e. The Morgan fingerprint density at radius 2 is 1.92 bits per heavy atom. The summed E-state index contributed by atoms with van der Waals surface area (Å²) in [4.78, 5) is 34.0. The summed E-state index contributed by atoms with van der Waals surface area (Å²) in [5.41, 5.74) is 2.96. The third-order valence-electron chi connectivity index (χ3n) is 6.57. The number of carbonyl (C=O) groups excluding carboxylic acids is 1. The quantitative estimate of drug-likeness (QED) is 0.386. The molecule has 2 aromatic heterocycles. The van der Waals surface area contributed by atoms with Gasteiger partial charge < -0.3 is 15.0 Å². The van der Waals surface area contributed by atoms with Crippen molar-refractivity contribution in [3.05, 3.63) is 81.4 Å². The SMILES string of the molecule is CCc1c(N2CCNCC2)n(-c2ccccc2Cl)c2c(=O)n(CC(=O)c3cccc(OC)c3)cnc12. The van der Waals surface area contributed by atoms with Crippen LogP contribution in [0.15, 0.2) is 59.7 Å². The number of rotatable bonds is 7. The molecule has 8 nitrogen and oxygen atoms in total. The van der Waals surface area contributed by atoms with Gasteiger partial charge in [0.05, 0.1) is 30.7 Å². The van der Waals surface area contributed by atoms with Crippen molar-refractivity contribution < 1.29 is 9.53 Å². The minimum absolute atomic E-state index is 0.132. The number of aryl methyl sites for hydroxylation is 1. The molecule has 5 rings (SSSR count). The Morgan fingerprint density at radius 1 is 1.14 bits per heavy atom. The molecule has 36 heavy (non-hydrogen) atoms. The van der Waals surface area contributed by atoms with Crippen LogP contribution in [0.5, 0.6) is 5.75 Å². The number of nitrogens with one attached hydrogen (secondary N) is 1. The Kier molecular flexibility index (Phi) is 6.80. The molecular formula is C27H28ClN5O3. The largest absolute Gasteiger partial charge is 0.497 e. The van der Waals surface area contributed by atoms with Crippen molar-refractivity contribution in [2.24, 2.45) is 0 Å². The van der Waals surface area contributed by atoms with Crippen LogP contribution in [-0.2, 0) is 13.0 Å². The van der Waals surface area contributed by atoms with Crippen molar-refractivity contribution in [3.63, 3.8) is 0 Å². The average molecular weight is 506 g/mol. The van der Waals surface area contributed by atoms with E-state index >= 15 is 0 Å². The Labute approximate surface area is 214 Å². The van der Waals surface area contributed by atoms with Gasteiger partial charge in [0.1, 0.15) is 22.6 Å². The van der Waals surface area contributed by atoms with Crippen LogP contribution < -0.4 is 20.5 Å². The second-order valence-electron chi connectivity index (χ2n) is 8.71. The first-order chi connectivity index (χ1) is 17.5. The van der Waals surface area contributed by atoms with Crippen molar-refractivity contribution in [2.75, 3.05) is 38.2 Å². The second-order valence-corrected chi connectivity index (χ2v) is 9.12. The van der Waals surface area contributed by atoms with Gasteiger partial charge in [-0.1, -0.05) is 42.8 Å². The normalized spacial score (nSPS) is 13.8. The first-order valence-corrected chi connectivity index (χ1v) is 12.4. The van der Waals surface area contributed by atoms with E-state index in [4.69, 9.17) is 21.3 Å². The number of anilines is 1. The van der Waals surface area contributed by atoms with Gasteiger partial charge in [-0.2, -0.15) is 0 Å². The smallest absolute Gasteiger partial charge is 0.278 e. The summed E-state index contributed by atoms with van der Waals surface area (Å²) >= 11 is 6.66. The number of hydrogen-bond donors (Lipinski definition) is 1. The highest BCUT2D eigenvalue weighted by molar-refractivity contribution is 6.32. The van der Waals surface area contributed by atoms with E-state index in [1.54, 1.807) is 31.4 Å². The van der Waals surface area contributed by atoms with E-state index in [1.165, 1.54) is 10.9 Å². The van der Waals surface area contributed by atoms with Crippen LogP contribution in [0.4, 0.5) is 5.82 Å². The van der Waals surface area contributed by atoms with Gasteiger partial charge in [-0.15, -0.1) is 0 Å². The molecule has 2 aromatic carbocycles. The molecule has 0 bridgehead atoms. The van der Waals surface area contributed by atoms with Crippen molar-refractivity contribution >= 4 is 34.2 Å². The maximum atomic E-state index is 13.9. The van der Waals surface area contributed by atoms with Crippen LogP contribution in [0.2, 0.25) is 5.02 Å². The van der Waals surface area contributed by atoms with E-state index in [2.05, 4.69) is 17.1 Å². The molecule has 0 amide bonds. The molecule has 186 valence electrons. The Morgan fingerprint density at radius 3 is 2.64 bits per heavy atom. The Balaban J connectivity index is 1.70. The van der Waals surface area contributed by atoms with Crippen LogP contribution in [0, 0.1) is 0 Å². The zero-order chi connectivity index (χ0) is 25.2. The molecule has 0 saturated carbocycles. The zero-order valence-electron chi connectivity index (χ0n) is 20.3. The molecule has 3 heterocycles. The predicted octanol–water partition coefficient (Wildman–Crippen LogP) is 3.70. The van der Waals surface area contributed by atoms with Gasteiger partial charge in [0.15, 0.2) is 5.78 Å². The molecule has 0 radical (unpaired) electrons. The predicted molar refractivity (Wildman–Crippen MR) is 142 cm³/mol. The summed E-state index contributed by atoms with van der Waals surface area (Å²) in [6.07, 6.45) is 2.17. The third kappa shape index (κ3) is 4.27. The maximum absolute atomic E-state index is 13.9. The minimum atomic E-state index is -0.285. The summed E-state index contributed by atoms with van der Waals surface area (Å²) in [6.45, 7) is 5.23. The lowest BCUT2D eigenvalue weighted by molar-refractivity contribution is 0.0970. The number of piperazine rings is 1. The number of carbonyl (C=O) groups is 1. The van der Waals surface area contributed by atoms with Gasteiger partial charge in [0.25, 0.3) is 5.56 Å². The van der Waals surface area contributed by atoms with Crippen molar-refractivity contribution in [2.45, 2.75) is 19.9 Å². The van der Waals surface area contributed by atoms with Gasteiger partial charge in [-0.3, -0.25) is 18.7 Å². The highest BCUT2D eigenvalue weighted by atomic mass is 35.5. The number of para-hydroxylation sites is 1. The molecule has 9 heteroatoms. The number of hydrogen-bond acceptors (Lipinski definition) is 6. The standard InChI is InChI=1S/C27H28ClN5O3/c1-3-20-24-25(27(35)32(17-30-24)16-23(34)18-7-6-8-19(15-18)36-2)33(22-10-5-4-9-21(22)28)26(20)31-13-11-29-12-14-31/h4-10,15,17,29H,3,11-14,16H2,1-2H3. The van der Waals surface area contributed by atoms with E-state index in [-0.39, 0.29) is 17.9 Å². The van der Waals surface area contributed by atoms with Gasteiger partial charge >= 0.3 is 0 Å². The van der Waals surface area contributed by atoms with Gasteiger partial charge in [0, 0.05) is 37.3 Å². The lowest BCUT2D eigenvalue weighted by Gasteiger charge is -2.31. The number of nitrogens with zero attached hydrogens (tertiary/aromatic N) is 4. The van der Waals surface area contributed by atoms with E-state index in [0.717, 1.165) is 37.6 Å². The number of ketones is 1. The van der Waals surface area contributed by atoms with Crippen molar-refractivity contribution in [1.82, 2.24) is 19.4 Å². The summed E-state index contributed by atoms with van der Waals surface area (Å²) in [6, 6.07) is 14.4. The summed E-state index contributed by atoms with van der Waals surface area (Å²) in [7, 11) is 1.55. The second kappa shape index (κ2) is 10.2. The number of Topliss-reactive ketones (excluding diaryl/α,β-unsaturated/α-hetero) is 1. The van der Waals surface area contributed by atoms with Crippen LogP contribution in [-0.4, -0.2) is 53.2 Å². The lowest BCUT2D eigenvalue weighted by atomic mass is 10.1. The fourth-order valence-corrected chi connectivity index (χ4v) is 5.02. The number of benzene rings is 2. The topological polar surface area (TPSA) is 81.4 Å². The molecule has 1 N–H and O–H groups in total. The van der Waals surface area contributed by atoms with Crippen LogP contribution in [0.25, 0.3) is 16.7 Å². The van der Waals surface area contributed by atoms with E-state index in [9.17, 15) is 9.59 Å². The molecule has 0 spiro atoms. The van der Waals surface area contributed by atoms with Gasteiger partial charge in [0.2, 0.25) is 0 Å². The molecule has 0 unspecified atom stereocenters. The third-order valence-corrected chi connectivity index (χ3v) is 6.89. The number of fused-ring (bicyclic) bond motifs is 1. The van der Waals surface area contributed by atoms with Crippen LogP contribution in [0.1, 0.15) is 22.8 Å². The lowest BCUT2D eigenvalue weighted by Crippen LogP contribution is -2.44. The number of ether oxygens (including phenoxy) is 1. The van der Waals surface area contributed by atoms with E-state index in [1.807, 2.05) is 28.8 Å². The summed E-state index contributed by atoms with van der Waals surface area (Å²) < 4.78 is 8.55. The number of halogens is 1.